The summed E-state index contributed by atoms with van der Waals surface area (Å²) in [6.07, 6.45) is 3.05. The second kappa shape index (κ2) is 7.71. The zero-order valence-electron chi connectivity index (χ0n) is 14.9. The summed E-state index contributed by atoms with van der Waals surface area (Å²) in [6, 6.07) is 7.44. The molecule has 0 spiro atoms. The largest absolute Gasteiger partial charge is 0.497 e. The normalized spacial score (nSPS) is 10.8. The molecule has 0 fully saturated rings. The summed E-state index contributed by atoms with van der Waals surface area (Å²) in [5.74, 6) is 0.674. The number of rotatable bonds is 5. The highest BCUT2D eigenvalue weighted by molar-refractivity contribution is 5.71. The van der Waals surface area contributed by atoms with Crippen LogP contribution < -0.4 is 10.1 Å². The Hall–Kier alpha value is -3.01. The molecule has 0 aliphatic rings. The summed E-state index contributed by atoms with van der Waals surface area (Å²) in [5.41, 5.74) is 1.59. The average molecular weight is 342 g/mol. The number of amides is 1. The van der Waals surface area contributed by atoms with Gasteiger partial charge in [0.15, 0.2) is 0 Å². The Morgan fingerprint density at radius 2 is 2.16 bits per heavy atom. The Morgan fingerprint density at radius 3 is 2.80 bits per heavy atom. The van der Waals surface area contributed by atoms with Crippen molar-refractivity contribution in [2.75, 3.05) is 13.7 Å². The van der Waals surface area contributed by atoms with Crippen molar-refractivity contribution in [3.8, 4) is 22.9 Å². The molecule has 2 rings (SSSR count). The molecule has 0 bridgehead atoms. The highest BCUT2D eigenvalue weighted by atomic mass is 16.6. The van der Waals surface area contributed by atoms with Gasteiger partial charge < -0.3 is 14.8 Å². The number of aromatic nitrogens is 2. The van der Waals surface area contributed by atoms with Crippen molar-refractivity contribution < 1.29 is 14.3 Å². The molecule has 0 aliphatic carbocycles. The first-order valence-corrected chi connectivity index (χ1v) is 7.90. The zero-order valence-corrected chi connectivity index (χ0v) is 14.9. The van der Waals surface area contributed by atoms with Crippen LogP contribution in [0, 0.1) is 11.3 Å². The van der Waals surface area contributed by atoms with E-state index in [1.54, 1.807) is 36.2 Å². The van der Waals surface area contributed by atoms with Gasteiger partial charge in [0.2, 0.25) is 0 Å². The molecule has 1 heterocycles. The van der Waals surface area contributed by atoms with Crippen LogP contribution in [0.4, 0.5) is 4.79 Å². The van der Waals surface area contributed by atoms with Crippen LogP contribution in [0.2, 0.25) is 0 Å². The lowest BCUT2D eigenvalue weighted by Crippen LogP contribution is -2.34. The van der Waals surface area contributed by atoms with E-state index in [1.165, 1.54) is 0 Å². The van der Waals surface area contributed by atoms with Crippen LogP contribution in [0.15, 0.2) is 30.6 Å². The van der Waals surface area contributed by atoms with Crippen molar-refractivity contribution in [2.24, 2.45) is 0 Å². The standard InChI is InChI=1S/C18H22N4O3/c1-18(2,3)25-17(23)20-7-8-22-12-14(11-21-22)16-9-15(24-4)6-5-13(16)10-19/h5-6,9,11-12H,7-8H2,1-4H3,(H,20,23). The monoisotopic (exact) mass is 342 g/mol. The second-order valence-electron chi connectivity index (χ2n) is 6.44. The van der Waals surface area contributed by atoms with E-state index >= 15 is 0 Å². The number of methoxy groups -OCH3 is 1. The molecule has 2 aromatic rings. The maximum atomic E-state index is 11.6. The molecular formula is C18H22N4O3. The fraction of sp³-hybridized carbons (Fsp3) is 0.389. The lowest BCUT2D eigenvalue weighted by molar-refractivity contribution is 0.0525. The zero-order chi connectivity index (χ0) is 18.4. The number of hydrogen-bond acceptors (Lipinski definition) is 5. The molecule has 0 saturated carbocycles. The van der Waals surface area contributed by atoms with E-state index in [0.29, 0.717) is 24.4 Å². The minimum Gasteiger partial charge on any atom is -0.497 e. The molecule has 1 N–H and O–H groups in total. The number of nitrogens with one attached hydrogen (secondary N) is 1. The van der Waals surface area contributed by atoms with Crippen molar-refractivity contribution in [2.45, 2.75) is 32.9 Å². The summed E-state index contributed by atoms with van der Waals surface area (Å²) in [4.78, 5) is 11.6. The van der Waals surface area contributed by atoms with Crippen LogP contribution in [-0.2, 0) is 11.3 Å². The minimum atomic E-state index is -0.525. The summed E-state index contributed by atoms with van der Waals surface area (Å²) in [6.45, 7) is 6.32. The third-order valence-corrected chi connectivity index (χ3v) is 3.30. The van der Waals surface area contributed by atoms with Gasteiger partial charge >= 0.3 is 6.09 Å². The first kappa shape index (κ1) is 18.3. The molecule has 0 atom stereocenters. The van der Waals surface area contributed by atoms with Gasteiger partial charge in [0.05, 0.1) is 31.5 Å². The number of nitriles is 1. The lowest BCUT2D eigenvalue weighted by atomic mass is 10.0. The van der Waals surface area contributed by atoms with Crippen LogP contribution in [-0.4, -0.2) is 35.1 Å². The first-order chi connectivity index (χ1) is 11.8. The van der Waals surface area contributed by atoms with Gasteiger partial charge in [-0.1, -0.05) is 0 Å². The molecule has 0 radical (unpaired) electrons. The number of alkyl carbamates (subject to hydrolysis) is 1. The van der Waals surface area contributed by atoms with Gasteiger partial charge in [0.1, 0.15) is 11.4 Å². The Balaban J connectivity index is 2.01. The van der Waals surface area contributed by atoms with Crippen molar-refractivity contribution in [1.29, 1.82) is 5.26 Å². The topological polar surface area (TPSA) is 89.2 Å². The molecule has 0 unspecified atom stereocenters. The van der Waals surface area contributed by atoms with E-state index in [0.717, 1.165) is 11.1 Å². The summed E-state index contributed by atoms with van der Waals surface area (Å²) >= 11 is 0. The minimum absolute atomic E-state index is 0.388. The molecule has 0 saturated heterocycles. The molecule has 25 heavy (non-hydrogen) atoms. The van der Waals surface area contributed by atoms with E-state index in [-0.39, 0.29) is 0 Å². The first-order valence-electron chi connectivity index (χ1n) is 7.90. The summed E-state index contributed by atoms with van der Waals surface area (Å²) in [5, 5.41) is 16.2. The quantitative estimate of drug-likeness (QED) is 0.902. The van der Waals surface area contributed by atoms with Gasteiger partial charge in [-0.25, -0.2) is 4.79 Å². The number of hydrogen-bond donors (Lipinski definition) is 1. The summed E-state index contributed by atoms with van der Waals surface area (Å²) in [7, 11) is 1.58. The van der Waals surface area contributed by atoms with E-state index in [4.69, 9.17) is 9.47 Å². The van der Waals surface area contributed by atoms with E-state index in [2.05, 4.69) is 16.5 Å². The Morgan fingerprint density at radius 1 is 1.40 bits per heavy atom. The predicted molar refractivity (Wildman–Crippen MR) is 93.2 cm³/mol. The van der Waals surface area contributed by atoms with Gasteiger partial charge in [-0.3, -0.25) is 4.68 Å². The summed E-state index contributed by atoms with van der Waals surface area (Å²) < 4.78 is 12.1. The number of carbonyl (C=O) groups excluding carboxylic acids is 1. The molecule has 1 aromatic heterocycles. The highest BCUT2D eigenvalue weighted by Gasteiger charge is 2.15. The molecule has 7 heteroatoms. The van der Waals surface area contributed by atoms with Gasteiger partial charge in [-0.05, 0) is 39.0 Å². The van der Waals surface area contributed by atoms with Gasteiger partial charge in [-0.15, -0.1) is 0 Å². The number of carbonyl (C=O) groups is 1. The number of ether oxygens (including phenoxy) is 2. The van der Waals surface area contributed by atoms with E-state index in [1.807, 2.05) is 27.0 Å². The van der Waals surface area contributed by atoms with Crippen LogP contribution in [0.25, 0.3) is 11.1 Å². The SMILES string of the molecule is COc1ccc(C#N)c(-c2cnn(CCNC(=O)OC(C)(C)C)c2)c1. The molecular weight excluding hydrogens is 320 g/mol. The lowest BCUT2D eigenvalue weighted by Gasteiger charge is -2.19. The third-order valence-electron chi connectivity index (χ3n) is 3.30. The Bertz CT molecular complexity index is 784. The van der Waals surface area contributed by atoms with Crippen molar-refractivity contribution in [3.05, 3.63) is 36.2 Å². The van der Waals surface area contributed by atoms with Crippen molar-refractivity contribution >= 4 is 6.09 Å². The maximum absolute atomic E-state index is 11.6. The van der Waals surface area contributed by atoms with Crippen LogP contribution in [0.3, 0.4) is 0 Å². The van der Waals surface area contributed by atoms with Crippen LogP contribution in [0.5, 0.6) is 5.75 Å². The number of benzene rings is 1. The average Bonchev–Trinajstić information content (AvgIpc) is 3.01. The van der Waals surface area contributed by atoms with Gasteiger partial charge in [0.25, 0.3) is 0 Å². The third kappa shape index (κ3) is 5.24. The van der Waals surface area contributed by atoms with Gasteiger partial charge in [0, 0.05) is 23.9 Å². The Labute approximate surface area is 147 Å². The number of nitrogens with zero attached hydrogens (tertiary/aromatic N) is 3. The molecule has 7 nitrogen and oxygen atoms in total. The van der Waals surface area contributed by atoms with Crippen molar-refractivity contribution in [1.82, 2.24) is 15.1 Å². The fourth-order valence-electron chi connectivity index (χ4n) is 2.20. The predicted octanol–water partition coefficient (Wildman–Crippen LogP) is 2.96. The van der Waals surface area contributed by atoms with E-state index < -0.39 is 11.7 Å². The fourth-order valence-corrected chi connectivity index (χ4v) is 2.20. The van der Waals surface area contributed by atoms with Crippen LogP contribution >= 0.6 is 0 Å². The molecule has 1 aromatic carbocycles. The van der Waals surface area contributed by atoms with E-state index in [9.17, 15) is 10.1 Å². The molecule has 132 valence electrons. The molecule has 0 aliphatic heterocycles. The smallest absolute Gasteiger partial charge is 0.407 e. The second-order valence-corrected chi connectivity index (χ2v) is 6.44. The highest BCUT2D eigenvalue weighted by Crippen LogP contribution is 2.27. The molecule has 1 amide bonds. The maximum Gasteiger partial charge on any atom is 0.407 e. The Kier molecular flexibility index (Phi) is 5.65. The van der Waals surface area contributed by atoms with Crippen LogP contribution in [0.1, 0.15) is 26.3 Å². The van der Waals surface area contributed by atoms with Crippen molar-refractivity contribution in [3.63, 3.8) is 0 Å². The van der Waals surface area contributed by atoms with Gasteiger partial charge in [-0.2, -0.15) is 10.4 Å².